The van der Waals surface area contributed by atoms with Gasteiger partial charge in [-0.2, -0.15) is 0 Å². The summed E-state index contributed by atoms with van der Waals surface area (Å²) in [5, 5.41) is 9.35. The minimum absolute atomic E-state index is 0.00533. The van der Waals surface area contributed by atoms with E-state index in [2.05, 4.69) is 16.0 Å². The highest BCUT2D eigenvalue weighted by atomic mass is 16.5. The largest absolute Gasteiger partial charge is 0.496 e. The normalized spacial score (nSPS) is 20.1. The molecule has 168 valence electrons. The van der Waals surface area contributed by atoms with Crippen molar-refractivity contribution in [2.24, 2.45) is 0 Å². The zero-order valence-electron chi connectivity index (χ0n) is 18.1. The number of para-hydroxylation sites is 2. The molecule has 32 heavy (non-hydrogen) atoms. The highest BCUT2D eigenvalue weighted by Crippen LogP contribution is 2.31. The van der Waals surface area contributed by atoms with Crippen molar-refractivity contribution < 1.29 is 19.1 Å². The topological polar surface area (TPSA) is 99.8 Å². The summed E-state index contributed by atoms with van der Waals surface area (Å²) in [6, 6.07) is 15.0. The molecule has 0 aliphatic carbocycles. The second-order valence-corrected chi connectivity index (χ2v) is 8.18. The summed E-state index contributed by atoms with van der Waals surface area (Å²) in [5.74, 6) is 0.361. The Morgan fingerprint density at radius 2 is 1.88 bits per heavy atom. The first-order valence-corrected chi connectivity index (χ1v) is 10.9. The average molecular weight is 437 g/mol. The molecule has 0 bridgehead atoms. The van der Waals surface area contributed by atoms with Crippen molar-refractivity contribution in [2.75, 3.05) is 32.1 Å². The van der Waals surface area contributed by atoms with Gasteiger partial charge in [-0.15, -0.1) is 0 Å². The van der Waals surface area contributed by atoms with Gasteiger partial charge in [-0.3, -0.25) is 14.4 Å². The molecule has 4 rings (SSSR count). The molecule has 2 aliphatic rings. The molecular weight excluding hydrogens is 408 g/mol. The van der Waals surface area contributed by atoms with Crippen molar-refractivity contribution in [3.05, 3.63) is 59.7 Å². The maximum absolute atomic E-state index is 12.7. The Labute approximate surface area is 187 Å². The molecule has 0 aromatic heterocycles. The highest BCUT2D eigenvalue weighted by Gasteiger charge is 2.40. The first-order chi connectivity index (χ1) is 15.5. The van der Waals surface area contributed by atoms with Crippen molar-refractivity contribution in [1.29, 1.82) is 0 Å². The molecule has 1 atom stereocenters. The van der Waals surface area contributed by atoms with E-state index in [0.717, 1.165) is 17.0 Å². The quantitative estimate of drug-likeness (QED) is 0.643. The monoisotopic (exact) mass is 436 g/mol. The summed E-state index contributed by atoms with van der Waals surface area (Å²) in [5.41, 5.74) is 1.70. The Morgan fingerprint density at radius 3 is 2.72 bits per heavy atom. The van der Waals surface area contributed by atoms with Crippen LogP contribution in [-0.4, -0.2) is 55.0 Å². The molecule has 3 N–H and O–H groups in total. The van der Waals surface area contributed by atoms with Crippen molar-refractivity contribution in [3.8, 4) is 5.75 Å². The second kappa shape index (κ2) is 9.30. The molecule has 2 aromatic rings. The minimum Gasteiger partial charge on any atom is -0.496 e. The molecule has 1 saturated heterocycles. The van der Waals surface area contributed by atoms with Gasteiger partial charge in [-0.1, -0.05) is 30.3 Å². The van der Waals surface area contributed by atoms with Gasteiger partial charge in [0.1, 0.15) is 11.4 Å². The molecule has 1 spiro atoms. The van der Waals surface area contributed by atoms with Gasteiger partial charge in [0.2, 0.25) is 11.8 Å². The maximum atomic E-state index is 12.7. The van der Waals surface area contributed by atoms with Crippen LogP contribution in [0.1, 0.15) is 35.2 Å². The minimum atomic E-state index is -0.684. The van der Waals surface area contributed by atoms with Crippen LogP contribution in [0.2, 0.25) is 0 Å². The smallest absolute Gasteiger partial charge is 0.255 e. The van der Waals surface area contributed by atoms with Crippen LogP contribution in [0.25, 0.3) is 0 Å². The maximum Gasteiger partial charge on any atom is 0.255 e. The summed E-state index contributed by atoms with van der Waals surface area (Å²) >= 11 is 0. The van der Waals surface area contributed by atoms with Crippen LogP contribution in [0.5, 0.6) is 5.75 Å². The lowest BCUT2D eigenvalue weighted by molar-refractivity contribution is -0.135. The van der Waals surface area contributed by atoms with Crippen LogP contribution in [-0.2, 0) is 16.0 Å². The molecule has 1 unspecified atom stereocenters. The van der Waals surface area contributed by atoms with Gasteiger partial charge in [0.25, 0.3) is 5.91 Å². The third kappa shape index (κ3) is 4.69. The first kappa shape index (κ1) is 21.7. The Bertz CT molecular complexity index is 1020. The number of methoxy groups -OCH3 is 1. The van der Waals surface area contributed by atoms with Gasteiger partial charge in [-0.25, -0.2) is 0 Å². The van der Waals surface area contributed by atoms with Crippen molar-refractivity contribution in [3.63, 3.8) is 0 Å². The van der Waals surface area contributed by atoms with Gasteiger partial charge in [0.05, 0.1) is 19.2 Å². The number of likely N-dealkylation sites (tertiary alicyclic amines) is 1. The van der Waals surface area contributed by atoms with Crippen molar-refractivity contribution in [2.45, 2.75) is 31.3 Å². The SMILES string of the molecule is COc1ccccc1CCNC(=O)CN1CCC2(CCC1=O)NC(=O)c1ccccc1N2. The van der Waals surface area contributed by atoms with Crippen LogP contribution in [0.15, 0.2) is 48.5 Å². The van der Waals surface area contributed by atoms with E-state index in [-0.39, 0.29) is 30.7 Å². The van der Waals surface area contributed by atoms with Crippen LogP contribution in [0, 0.1) is 0 Å². The first-order valence-electron chi connectivity index (χ1n) is 10.9. The number of carbonyl (C=O) groups is 3. The van der Waals surface area contributed by atoms with Gasteiger partial charge in [0, 0.05) is 31.6 Å². The van der Waals surface area contributed by atoms with Gasteiger partial charge < -0.3 is 25.6 Å². The fourth-order valence-electron chi connectivity index (χ4n) is 4.31. The Balaban J connectivity index is 1.32. The van der Waals surface area contributed by atoms with E-state index < -0.39 is 5.66 Å². The summed E-state index contributed by atoms with van der Waals surface area (Å²) < 4.78 is 5.34. The van der Waals surface area contributed by atoms with Gasteiger partial charge in [-0.05, 0) is 36.6 Å². The number of nitrogens with one attached hydrogen (secondary N) is 3. The van der Waals surface area contributed by atoms with Crippen LogP contribution in [0.4, 0.5) is 5.69 Å². The molecular formula is C24H28N4O4. The summed E-state index contributed by atoms with van der Waals surface area (Å²) in [6.45, 7) is 0.846. The van der Waals surface area contributed by atoms with E-state index in [1.165, 1.54) is 0 Å². The summed E-state index contributed by atoms with van der Waals surface area (Å²) in [6.07, 6.45) is 1.89. The fraction of sp³-hybridized carbons (Fsp3) is 0.375. The molecule has 2 heterocycles. The number of nitrogens with zero attached hydrogens (tertiary/aromatic N) is 1. The standard InChI is InChI=1S/C24H28N4O4/c1-32-20-9-5-2-6-17(20)11-14-25-21(29)16-28-15-13-24(12-10-22(28)30)26-19-8-4-3-7-18(19)23(31)27-24/h2-9,26H,10-16H2,1H3,(H,25,29)(H,27,31). The lowest BCUT2D eigenvalue weighted by atomic mass is 9.95. The second-order valence-electron chi connectivity index (χ2n) is 8.18. The van der Waals surface area contributed by atoms with E-state index in [9.17, 15) is 14.4 Å². The molecule has 0 saturated carbocycles. The lowest BCUT2D eigenvalue weighted by Gasteiger charge is -2.39. The molecule has 1 fully saturated rings. The van der Waals surface area contributed by atoms with E-state index in [4.69, 9.17) is 4.74 Å². The fourth-order valence-corrected chi connectivity index (χ4v) is 4.31. The molecule has 8 nitrogen and oxygen atoms in total. The molecule has 3 amide bonds. The predicted molar refractivity (Wildman–Crippen MR) is 120 cm³/mol. The molecule has 2 aliphatic heterocycles. The van der Waals surface area contributed by atoms with Crippen LogP contribution >= 0.6 is 0 Å². The zero-order valence-corrected chi connectivity index (χ0v) is 18.1. The number of benzene rings is 2. The molecule has 2 aromatic carbocycles. The van der Waals surface area contributed by atoms with Crippen molar-refractivity contribution in [1.82, 2.24) is 15.5 Å². The third-order valence-corrected chi connectivity index (χ3v) is 6.07. The van der Waals surface area contributed by atoms with E-state index in [1.807, 2.05) is 42.5 Å². The van der Waals surface area contributed by atoms with E-state index >= 15 is 0 Å². The van der Waals surface area contributed by atoms with Gasteiger partial charge in [0.15, 0.2) is 0 Å². The number of hydrogen-bond donors (Lipinski definition) is 3. The Kier molecular flexibility index (Phi) is 6.30. The van der Waals surface area contributed by atoms with E-state index in [1.54, 1.807) is 18.1 Å². The average Bonchev–Trinajstić information content (AvgIpc) is 2.94. The number of ether oxygens (including phenoxy) is 1. The summed E-state index contributed by atoms with van der Waals surface area (Å²) in [4.78, 5) is 39.3. The Hall–Kier alpha value is -3.55. The lowest BCUT2D eigenvalue weighted by Crippen LogP contribution is -2.58. The number of hydrogen-bond acceptors (Lipinski definition) is 5. The zero-order chi connectivity index (χ0) is 22.6. The number of rotatable bonds is 6. The number of carbonyl (C=O) groups excluding carboxylic acids is 3. The molecule has 8 heteroatoms. The van der Waals surface area contributed by atoms with Gasteiger partial charge >= 0.3 is 0 Å². The van der Waals surface area contributed by atoms with Crippen LogP contribution < -0.4 is 20.7 Å². The number of fused-ring (bicyclic) bond motifs is 1. The van der Waals surface area contributed by atoms with Crippen molar-refractivity contribution >= 4 is 23.4 Å². The molecule has 0 radical (unpaired) electrons. The number of amides is 3. The predicted octanol–water partition coefficient (Wildman–Crippen LogP) is 1.92. The van der Waals surface area contributed by atoms with Crippen LogP contribution in [0.3, 0.4) is 0 Å². The Morgan fingerprint density at radius 1 is 1.09 bits per heavy atom. The van der Waals surface area contributed by atoms with E-state index in [0.29, 0.717) is 37.9 Å². The number of anilines is 1. The third-order valence-electron chi connectivity index (χ3n) is 6.07. The highest BCUT2D eigenvalue weighted by molar-refractivity contribution is 6.02. The summed E-state index contributed by atoms with van der Waals surface area (Å²) in [7, 11) is 1.62.